The Hall–Kier alpha value is -3.03. The third-order valence-corrected chi connectivity index (χ3v) is 7.43. The van der Waals surface area contributed by atoms with Gasteiger partial charge in [0.15, 0.2) is 0 Å². The van der Waals surface area contributed by atoms with Crippen molar-refractivity contribution in [1.82, 2.24) is 4.90 Å². The summed E-state index contributed by atoms with van der Waals surface area (Å²) in [6, 6.07) is 22.1. The predicted octanol–water partition coefficient (Wildman–Crippen LogP) is 4.58. The largest absolute Gasteiger partial charge is 0.368 e. The number of piperazine rings is 1. The summed E-state index contributed by atoms with van der Waals surface area (Å²) in [5.74, 6) is -0.0166. The standard InChI is InChI=1S/C26H28ClN3O3S/c1-20-8-13-23(27)18-25(20)28-14-16-29(17-15-28)26(31)22-11-9-21(10-12-22)19-30(34(2,32)33)24-6-4-3-5-7-24/h3-13,18H,14-17,19H2,1-2H3. The van der Waals surface area contributed by atoms with Gasteiger partial charge in [-0.2, -0.15) is 0 Å². The number of sulfonamides is 1. The Morgan fingerprint density at radius 3 is 2.21 bits per heavy atom. The number of carbonyl (C=O) groups excluding carboxylic acids is 1. The van der Waals surface area contributed by atoms with Crippen LogP contribution in [0, 0.1) is 6.92 Å². The predicted molar refractivity (Wildman–Crippen MR) is 138 cm³/mol. The van der Waals surface area contributed by atoms with Crippen molar-refractivity contribution in [2.24, 2.45) is 0 Å². The van der Waals surface area contributed by atoms with Crippen molar-refractivity contribution in [3.05, 3.63) is 94.5 Å². The molecule has 1 amide bonds. The lowest BCUT2D eigenvalue weighted by atomic mass is 10.1. The van der Waals surface area contributed by atoms with Crippen molar-refractivity contribution < 1.29 is 13.2 Å². The normalized spacial score (nSPS) is 14.2. The van der Waals surface area contributed by atoms with Gasteiger partial charge in [0.2, 0.25) is 10.0 Å². The summed E-state index contributed by atoms with van der Waals surface area (Å²) < 4.78 is 26.0. The quantitative estimate of drug-likeness (QED) is 0.500. The molecule has 0 saturated carbocycles. The molecule has 4 rings (SSSR count). The first kappa shape index (κ1) is 24.1. The number of carbonyl (C=O) groups is 1. The Balaban J connectivity index is 1.41. The molecule has 0 unspecified atom stereocenters. The van der Waals surface area contributed by atoms with Crippen LogP contribution in [0.4, 0.5) is 11.4 Å². The van der Waals surface area contributed by atoms with E-state index in [1.165, 1.54) is 16.1 Å². The van der Waals surface area contributed by atoms with Crippen molar-refractivity contribution in [1.29, 1.82) is 0 Å². The summed E-state index contributed by atoms with van der Waals surface area (Å²) in [6.07, 6.45) is 1.20. The fraction of sp³-hybridized carbons (Fsp3) is 0.269. The summed E-state index contributed by atoms with van der Waals surface area (Å²) in [7, 11) is -3.45. The third kappa shape index (κ3) is 5.54. The smallest absolute Gasteiger partial charge is 0.253 e. The van der Waals surface area contributed by atoms with Crippen molar-refractivity contribution in [3.8, 4) is 0 Å². The molecule has 3 aromatic rings. The minimum Gasteiger partial charge on any atom is -0.368 e. The van der Waals surface area contributed by atoms with Crippen LogP contribution in [-0.2, 0) is 16.6 Å². The molecule has 0 radical (unpaired) electrons. The summed E-state index contributed by atoms with van der Waals surface area (Å²) in [5.41, 5.74) is 4.29. The molecule has 8 heteroatoms. The Labute approximate surface area is 206 Å². The van der Waals surface area contributed by atoms with E-state index >= 15 is 0 Å². The highest BCUT2D eigenvalue weighted by Crippen LogP contribution is 2.26. The van der Waals surface area contributed by atoms with E-state index in [-0.39, 0.29) is 12.5 Å². The van der Waals surface area contributed by atoms with Gasteiger partial charge in [0.1, 0.15) is 0 Å². The van der Waals surface area contributed by atoms with Gasteiger partial charge < -0.3 is 9.80 Å². The second kappa shape index (κ2) is 10.1. The average Bonchev–Trinajstić information content (AvgIpc) is 2.84. The highest BCUT2D eigenvalue weighted by molar-refractivity contribution is 7.92. The monoisotopic (exact) mass is 497 g/mol. The van der Waals surface area contributed by atoms with Gasteiger partial charge in [0, 0.05) is 42.5 Å². The molecule has 1 aliphatic rings. The molecule has 178 valence electrons. The molecule has 34 heavy (non-hydrogen) atoms. The van der Waals surface area contributed by atoms with Crippen molar-refractivity contribution in [3.63, 3.8) is 0 Å². The van der Waals surface area contributed by atoms with E-state index in [1.807, 2.05) is 53.4 Å². The van der Waals surface area contributed by atoms with Crippen LogP contribution in [0.3, 0.4) is 0 Å². The first-order valence-corrected chi connectivity index (χ1v) is 13.4. The van der Waals surface area contributed by atoms with Gasteiger partial charge in [-0.15, -0.1) is 0 Å². The van der Waals surface area contributed by atoms with Gasteiger partial charge in [-0.25, -0.2) is 8.42 Å². The molecule has 0 aliphatic carbocycles. The number of rotatable bonds is 6. The Morgan fingerprint density at radius 2 is 1.59 bits per heavy atom. The SMILES string of the molecule is Cc1ccc(Cl)cc1N1CCN(C(=O)c2ccc(CN(c3ccccc3)S(C)(=O)=O)cc2)CC1. The number of nitrogens with zero attached hydrogens (tertiary/aromatic N) is 3. The second-order valence-corrected chi connectivity index (χ2v) is 10.9. The van der Waals surface area contributed by atoms with E-state index in [0.29, 0.717) is 29.4 Å². The number of halogens is 1. The molecule has 1 saturated heterocycles. The van der Waals surface area contributed by atoms with E-state index in [2.05, 4.69) is 11.8 Å². The fourth-order valence-electron chi connectivity index (χ4n) is 4.17. The summed E-state index contributed by atoms with van der Waals surface area (Å²) >= 11 is 6.17. The lowest BCUT2D eigenvalue weighted by Gasteiger charge is -2.37. The highest BCUT2D eigenvalue weighted by Gasteiger charge is 2.24. The Bertz CT molecular complexity index is 1260. The molecular formula is C26H28ClN3O3S. The molecular weight excluding hydrogens is 470 g/mol. The van der Waals surface area contributed by atoms with Gasteiger partial charge in [0.25, 0.3) is 5.91 Å². The van der Waals surface area contributed by atoms with Gasteiger partial charge in [-0.1, -0.05) is 48.0 Å². The van der Waals surface area contributed by atoms with Crippen molar-refractivity contribution in [2.75, 3.05) is 41.6 Å². The molecule has 0 bridgehead atoms. The third-order valence-electron chi connectivity index (χ3n) is 6.05. The summed E-state index contributed by atoms with van der Waals surface area (Å²) in [4.78, 5) is 17.2. The molecule has 1 aliphatic heterocycles. The zero-order valence-electron chi connectivity index (χ0n) is 19.3. The Kier molecular flexibility index (Phi) is 7.14. The lowest BCUT2D eigenvalue weighted by molar-refractivity contribution is 0.0746. The Morgan fingerprint density at radius 1 is 0.941 bits per heavy atom. The van der Waals surface area contributed by atoms with Crippen LogP contribution in [0.5, 0.6) is 0 Å². The van der Waals surface area contributed by atoms with Crippen LogP contribution in [0.2, 0.25) is 5.02 Å². The molecule has 6 nitrogen and oxygen atoms in total. The number of para-hydroxylation sites is 1. The highest BCUT2D eigenvalue weighted by atomic mass is 35.5. The number of amides is 1. The maximum atomic E-state index is 13.1. The first-order valence-electron chi connectivity index (χ1n) is 11.1. The van der Waals surface area contributed by atoms with Crippen LogP contribution in [0.15, 0.2) is 72.8 Å². The van der Waals surface area contributed by atoms with E-state index < -0.39 is 10.0 Å². The fourth-order valence-corrected chi connectivity index (χ4v) is 5.22. The molecule has 1 fully saturated rings. The van der Waals surface area contributed by atoms with Crippen LogP contribution >= 0.6 is 11.6 Å². The topological polar surface area (TPSA) is 60.9 Å². The molecule has 0 N–H and O–H groups in total. The maximum absolute atomic E-state index is 13.1. The van der Waals surface area contributed by atoms with E-state index in [1.54, 1.807) is 24.3 Å². The van der Waals surface area contributed by atoms with Gasteiger partial charge in [-0.05, 0) is 54.4 Å². The number of aryl methyl sites for hydroxylation is 1. The van der Waals surface area contributed by atoms with E-state index in [4.69, 9.17) is 11.6 Å². The van der Waals surface area contributed by atoms with Gasteiger partial charge >= 0.3 is 0 Å². The molecule has 0 aromatic heterocycles. The minimum atomic E-state index is -3.45. The average molecular weight is 498 g/mol. The van der Waals surface area contributed by atoms with Crippen LogP contribution in [0.25, 0.3) is 0 Å². The number of hydrogen-bond donors (Lipinski definition) is 0. The van der Waals surface area contributed by atoms with Crippen molar-refractivity contribution >= 4 is 38.9 Å². The van der Waals surface area contributed by atoms with E-state index in [0.717, 1.165) is 24.3 Å². The van der Waals surface area contributed by atoms with Crippen LogP contribution in [0.1, 0.15) is 21.5 Å². The van der Waals surface area contributed by atoms with E-state index in [9.17, 15) is 13.2 Å². The van der Waals surface area contributed by atoms with Crippen LogP contribution in [-0.4, -0.2) is 51.7 Å². The van der Waals surface area contributed by atoms with Crippen molar-refractivity contribution in [2.45, 2.75) is 13.5 Å². The molecule has 1 heterocycles. The summed E-state index contributed by atoms with van der Waals surface area (Å²) in [6.45, 7) is 5.00. The minimum absolute atomic E-state index is 0.0166. The number of anilines is 2. The lowest BCUT2D eigenvalue weighted by Crippen LogP contribution is -2.49. The number of hydrogen-bond acceptors (Lipinski definition) is 4. The first-order chi connectivity index (χ1) is 16.2. The van der Waals surface area contributed by atoms with Gasteiger partial charge in [-0.3, -0.25) is 9.10 Å². The summed E-state index contributed by atoms with van der Waals surface area (Å²) in [5, 5.41) is 0.709. The van der Waals surface area contributed by atoms with Gasteiger partial charge in [0.05, 0.1) is 18.5 Å². The zero-order chi connectivity index (χ0) is 24.3. The molecule has 0 spiro atoms. The zero-order valence-corrected chi connectivity index (χ0v) is 20.9. The molecule has 0 atom stereocenters. The maximum Gasteiger partial charge on any atom is 0.253 e. The van der Waals surface area contributed by atoms with Crippen LogP contribution < -0.4 is 9.21 Å². The second-order valence-electron chi connectivity index (χ2n) is 8.51. The molecule has 3 aromatic carbocycles. The number of benzene rings is 3.